The molecule has 0 atom stereocenters. The van der Waals surface area contributed by atoms with Crippen molar-refractivity contribution >= 4 is 48.5 Å². The molecule has 0 unspecified atom stereocenters. The molecule has 10 heteroatoms. The van der Waals surface area contributed by atoms with Gasteiger partial charge in [0.25, 0.3) is 5.91 Å². The number of anilines is 1. The van der Waals surface area contributed by atoms with Crippen molar-refractivity contribution < 1.29 is 26.4 Å². The van der Waals surface area contributed by atoms with Crippen molar-refractivity contribution in [2.45, 2.75) is 6.92 Å². The van der Waals surface area contributed by atoms with Crippen molar-refractivity contribution in [3.05, 3.63) is 52.0 Å². The van der Waals surface area contributed by atoms with Gasteiger partial charge >= 0.3 is 0 Å². The molecule has 6 nitrogen and oxygen atoms in total. The third-order valence-corrected chi connectivity index (χ3v) is 6.00. The Morgan fingerprint density at radius 1 is 1.21 bits per heavy atom. The maximum absolute atomic E-state index is 14.3. The smallest absolute Gasteiger partial charge is 0.255 e. The van der Waals surface area contributed by atoms with E-state index in [2.05, 4.69) is 26.0 Å². The van der Waals surface area contributed by atoms with Gasteiger partial charge in [-0.15, -0.1) is 0 Å². The van der Waals surface area contributed by atoms with E-state index in [9.17, 15) is 22.0 Å². The Labute approximate surface area is 168 Å². The van der Waals surface area contributed by atoms with Crippen LogP contribution in [0.1, 0.15) is 17.3 Å². The summed E-state index contributed by atoms with van der Waals surface area (Å²) in [4.78, 5) is 12.4. The highest BCUT2D eigenvalue weighted by atomic mass is 79.9. The zero-order valence-electron chi connectivity index (χ0n) is 14.8. The first-order valence-corrected chi connectivity index (χ1v) is 10.6. The number of fused-ring (bicyclic) bond motifs is 1. The minimum atomic E-state index is -3.55. The van der Waals surface area contributed by atoms with Gasteiger partial charge in [-0.1, -0.05) is 0 Å². The van der Waals surface area contributed by atoms with Crippen molar-refractivity contribution in [3.63, 3.8) is 0 Å². The summed E-state index contributed by atoms with van der Waals surface area (Å²) in [5.41, 5.74) is 0.323. The number of benzene rings is 2. The molecular formula is C18H15BrF2N2O4S. The topological polar surface area (TPSA) is 88.4 Å². The molecule has 1 aromatic heterocycles. The van der Waals surface area contributed by atoms with Crippen molar-refractivity contribution in [1.29, 1.82) is 0 Å². The van der Waals surface area contributed by atoms with Crippen LogP contribution in [0.5, 0.6) is 0 Å². The molecule has 0 radical (unpaired) electrons. The van der Waals surface area contributed by atoms with Crippen LogP contribution >= 0.6 is 15.9 Å². The lowest BCUT2D eigenvalue weighted by Gasteiger charge is -2.08. The Kier molecular flexibility index (Phi) is 5.44. The van der Waals surface area contributed by atoms with E-state index in [1.54, 1.807) is 0 Å². The lowest BCUT2D eigenvalue weighted by Crippen LogP contribution is -2.18. The van der Waals surface area contributed by atoms with Crippen molar-refractivity contribution in [1.82, 2.24) is 5.32 Å². The largest absolute Gasteiger partial charge is 0.455 e. The Morgan fingerprint density at radius 3 is 2.54 bits per heavy atom. The van der Waals surface area contributed by atoms with Crippen LogP contribution in [0.15, 0.2) is 39.2 Å². The number of nitrogens with one attached hydrogen (secondary N) is 2. The van der Waals surface area contributed by atoms with Crippen LogP contribution in [0.25, 0.3) is 22.3 Å². The quantitative estimate of drug-likeness (QED) is 0.580. The summed E-state index contributed by atoms with van der Waals surface area (Å²) < 4.78 is 59.8. The summed E-state index contributed by atoms with van der Waals surface area (Å²) in [5.74, 6) is -2.42. The van der Waals surface area contributed by atoms with Gasteiger partial charge in [-0.2, -0.15) is 0 Å². The predicted molar refractivity (Wildman–Crippen MR) is 106 cm³/mol. The van der Waals surface area contributed by atoms with Gasteiger partial charge in [0.05, 0.1) is 22.6 Å². The van der Waals surface area contributed by atoms with Gasteiger partial charge in [0, 0.05) is 29.0 Å². The van der Waals surface area contributed by atoms with E-state index in [1.165, 1.54) is 32.2 Å². The first-order chi connectivity index (χ1) is 13.2. The van der Waals surface area contributed by atoms with Crippen molar-refractivity contribution in [2.75, 3.05) is 17.5 Å². The van der Waals surface area contributed by atoms with Gasteiger partial charge < -0.3 is 9.73 Å². The summed E-state index contributed by atoms with van der Waals surface area (Å²) in [6.07, 6.45) is 0. The van der Waals surface area contributed by atoms with Gasteiger partial charge in [0.2, 0.25) is 10.0 Å². The molecule has 1 amide bonds. The molecule has 0 aliphatic heterocycles. The molecule has 28 heavy (non-hydrogen) atoms. The summed E-state index contributed by atoms with van der Waals surface area (Å²) in [5, 5.41) is 2.80. The fourth-order valence-electron chi connectivity index (χ4n) is 2.65. The molecular weight excluding hydrogens is 458 g/mol. The summed E-state index contributed by atoms with van der Waals surface area (Å²) in [6.45, 7) is 1.49. The van der Waals surface area contributed by atoms with E-state index in [4.69, 9.17) is 4.42 Å². The highest BCUT2D eigenvalue weighted by Gasteiger charge is 2.25. The van der Waals surface area contributed by atoms with E-state index in [0.717, 1.165) is 6.07 Å². The zero-order chi connectivity index (χ0) is 20.6. The van der Waals surface area contributed by atoms with Gasteiger partial charge in [-0.05, 0) is 41.1 Å². The Hall–Kier alpha value is -2.46. The molecule has 0 aliphatic rings. The summed E-state index contributed by atoms with van der Waals surface area (Å²) >= 11 is 3.27. The van der Waals surface area contributed by atoms with Crippen LogP contribution in [0.4, 0.5) is 14.5 Å². The lowest BCUT2D eigenvalue weighted by molar-refractivity contribution is 0.0964. The second-order valence-electron chi connectivity index (χ2n) is 5.84. The number of carbonyl (C=O) groups is 1. The van der Waals surface area contributed by atoms with E-state index in [-0.39, 0.29) is 33.9 Å². The minimum Gasteiger partial charge on any atom is -0.455 e. The average Bonchev–Trinajstić information content (AvgIpc) is 2.99. The van der Waals surface area contributed by atoms with Crippen molar-refractivity contribution in [2.24, 2.45) is 0 Å². The van der Waals surface area contributed by atoms with Crippen LogP contribution < -0.4 is 10.0 Å². The van der Waals surface area contributed by atoms with Crippen LogP contribution in [0, 0.1) is 11.6 Å². The Morgan fingerprint density at radius 2 is 1.93 bits per heavy atom. The maximum Gasteiger partial charge on any atom is 0.255 e. The fourth-order valence-corrected chi connectivity index (χ4v) is 3.87. The molecule has 1 heterocycles. The highest BCUT2D eigenvalue weighted by molar-refractivity contribution is 9.10. The second-order valence-corrected chi connectivity index (χ2v) is 8.71. The number of rotatable bonds is 5. The molecule has 148 valence electrons. The SMILES string of the molecule is CCS(=O)(=O)Nc1cc2oc(-c3ccc(F)cc3F)c(C(=O)NC)c2cc1Br. The van der Waals surface area contributed by atoms with Crippen molar-refractivity contribution in [3.8, 4) is 11.3 Å². The third kappa shape index (κ3) is 3.74. The first-order valence-electron chi connectivity index (χ1n) is 8.11. The molecule has 0 spiro atoms. The van der Waals surface area contributed by atoms with Gasteiger partial charge in [0.15, 0.2) is 5.76 Å². The fraction of sp³-hybridized carbons (Fsp3) is 0.167. The number of amides is 1. The molecule has 0 fully saturated rings. The Balaban J connectivity index is 2.28. The monoisotopic (exact) mass is 472 g/mol. The molecule has 2 aromatic carbocycles. The number of sulfonamides is 1. The van der Waals surface area contributed by atoms with Gasteiger partial charge in [0.1, 0.15) is 17.2 Å². The zero-order valence-corrected chi connectivity index (χ0v) is 17.2. The van der Waals surface area contributed by atoms with Crippen LogP contribution in [0.3, 0.4) is 0 Å². The van der Waals surface area contributed by atoms with E-state index in [1.807, 2.05) is 0 Å². The highest BCUT2D eigenvalue weighted by Crippen LogP contribution is 2.39. The Bertz CT molecular complexity index is 1190. The molecule has 3 rings (SSSR count). The van der Waals surface area contributed by atoms with Crippen LogP contribution in [-0.2, 0) is 10.0 Å². The van der Waals surface area contributed by atoms with E-state index < -0.39 is 27.6 Å². The number of hydrogen-bond donors (Lipinski definition) is 2. The summed E-state index contributed by atoms with van der Waals surface area (Å²) in [6, 6.07) is 5.80. The first kappa shape index (κ1) is 20.3. The van der Waals surface area contributed by atoms with Gasteiger partial charge in [-0.25, -0.2) is 17.2 Å². The number of furan rings is 1. The molecule has 2 N–H and O–H groups in total. The maximum atomic E-state index is 14.3. The molecule has 3 aromatic rings. The molecule has 0 aliphatic carbocycles. The summed E-state index contributed by atoms with van der Waals surface area (Å²) in [7, 11) is -2.15. The standard InChI is InChI=1S/C18H15BrF2N2O4S/c1-3-28(25,26)23-14-8-15-11(7-12(14)19)16(18(24)22-2)17(27-15)10-5-4-9(20)6-13(10)21/h4-8,23H,3H2,1-2H3,(H,22,24). The lowest BCUT2D eigenvalue weighted by atomic mass is 10.0. The van der Waals surface area contributed by atoms with E-state index in [0.29, 0.717) is 15.9 Å². The molecule has 0 saturated carbocycles. The van der Waals surface area contributed by atoms with Crippen LogP contribution in [-0.4, -0.2) is 27.1 Å². The molecule has 0 bridgehead atoms. The van der Waals surface area contributed by atoms with Gasteiger partial charge in [-0.3, -0.25) is 9.52 Å². The van der Waals surface area contributed by atoms with E-state index >= 15 is 0 Å². The predicted octanol–water partition coefficient (Wildman–Crippen LogP) is 4.26. The number of carbonyl (C=O) groups excluding carboxylic acids is 1. The molecule has 0 saturated heterocycles. The number of hydrogen-bond acceptors (Lipinski definition) is 4. The normalized spacial score (nSPS) is 11.6. The number of halogens is 3. The third-order valence-electron chi connectivity index (χ3n) is 4.05. The second kappa shape index (κ2) is 7.51. The average molecular weight is 473 g/mol. The minimum absolute atomic E-state index is 0.0496. The van der Waals surface area contributed by atoms with Crippen LogP contribution in [0.2, 0.25) is 0 Å².